The lowest BCUT2D eigenvalue weighted by Gasteiger charge is -2.10. The van der Waals surface area contributed by atoms with Gasteiger partial charge in [0.25, 0.3) is 0 Å². The highest BCUT2D eigenvalue weighted by Crippen LogP contribution is 2.31. The van der Waals surface area contributed by atoms with Crippen molar-refractivity contribution in [1.82, 2.24) is 9.38 Å². The Morgan fingerprint density at radius 2 is 2.11 bits per heavy atom. The number of nitrogen functional groups attached to an aromatic ring is 1. The van der Waals surface area contributed by atoms with Crippen LogP contribution in [0.2, 0.25) is 0 Å². The highest BCUT2D eigenvalue weighted by atomic mass is 32.1. The Morgan fingerprint density at radius 1 is 1.32 bits per heavy atom. The van der Waals surface area contributed by atoms with E-state index in [-0.39, 0.29) is 0 Å². The van der Waals surface area contributed by atoms with E-state index in [0.717, 1.165) is 4.96 Å². The molecular formula is C15H17N3S. The molecule has 2 heterocycles. The molecule has 98 valence electrons. The van der Waals surface area contributed by atoms with Crippen LogP contribution in [0.4, 0.5) is 5.82 Å². The maximum absolute atomic E-state index is 5.77. The minimum Gasteiger partial charge on any atom is -0.382 e. The first-order valence-electron chi connectivity index (χ1n) is 6.39. The molecule has 2 aromatic heterocycles. The van der Waals surface area contributed by atoms with Crippen molar-refractivity contribution >= 4 is 22.1 Å². The number of imidazole rings is 1. The summed E-state index contributed by atoms with van der Waals surface area (Å²) >= 11 is 1.62. The van der Waals surface area contributed by atoms with Crippen LogP contribution in [0.3, 0.4) is 0 Å². The summed E-state index contributed by atoms with van der Waals surface area (Å²) in [5.41, 5.74) is 10.8. The van der Waals surface area contributed by atoms with Crippen molar-refractivity contribution in [3.63, 3.8) is 0 Å². The SMILES string of the molecule is Cc1ccc(C(C)C)cc1-c1csc2nc(N)cn12. The molecule has 0 saturated carbocycles. The van der Waals surface area contributed by atoms with Gasteiger partial charge < -0.3 is 5.73 Å². The molecule has 3 nitrogen and oxygen atoms in total. The minimum atomic E-state index is 0.529. The lowest BCUT2D eigenvalue weighted by Crippen LogP contribution is -1.93. The second-order valence-electron chi connectivity index (χ2n) is 5.17. The summed E-state index contributed by atoms with van der Waals surface area (Å²) in [6.07, 6.45) is 1.89. The number of benzene rings is 1. The molecule has 0 aliphatic heterocycles. The fourth-order valence-corrected chi connectivity index (χ4v) is 3.15. The molecule has 0 spiro atoms. The Bertz CT molecular complexity index is 737. The molecule has 0 amide bonds. The number of anilines is 1. The first kappa shape index (κ1) is 12.2. The Balaban J connectivity index is 2.22. The number of hydrogen-bond acceptors (Lipinski definition) is 3. The monoisotopic (exact) mass is 271 g/mol. The zero-order valence-electron chi connectivity index (χ0n) is 11.3. The average molecular weight is 271 g/mol. The van der Waals surface area contributed by atoms with Crippen molar-refractivity contribution in [2.45, 2.75) is 26.7 Å². The van der Waals surface area contributed by atoms with Gasteiger partial charge in [-0.25, -0.2) is 4.98 Å². The maximum Gasteiger partial charge on any atom is 0.196 e. The van der Waals surface area contributed by atoms with Crippen LogP contribution in [0.5, 0.6) is 0 Å². The lowest BCUT2D eigenvalue weighted by molar-refractivity contribution is 0.866. The van der Waals surface area contributed by atoms with E-state index in [1.165, 1.54) is 22.4 Å². The molecule has 2 N–H and O–H groups in total. The van der Waals surface area contributed by atoms with Gasteiger partial charge in [-0.1, -0.05) is 26.0 Å². The van der Waals surface area contributed by atoms with Gasteiger partial charge in [0.15, 0.2) is 4.96 Å². The summed E-state index contributed by atoms with van der Waals surface area (Å²) in [4.78, 5) is 5.25. The Labute approximate surface area is 116 Å². The van der Waals surface area contributed by atoms with Crippen LogP contribution in [0, 0.1) is 6.92 Å². The van der Waals surface area contributed by atoms with E-state index < -0.39 is 0 Å². The highest BCUT2D eigenvalue weighted by molar-refractivity contribution is 7.15. The van der Waals surface area contributed by atoms with Crippen molar-refractivity contribution in [2.24, 2.45) is 0 Å². The van der Waals surface area contributed by atoms with E-state index in [1.807, 2.05) is 6.20 Å². The molecule has 0 atom stereocenters. The van der Waals surface area contributed by atoms with Crippen molar-refractivity contribution in [1.29, 1.82) is 0 Å². The van der Waals surface area contributed by atoms with Crippen molar-refractivity contribution in [3.05, 3.63) is 40.9 Å². The van der Waals surface area contributed by atoms with Gasteiger partial charge >= 0.3 is 0 Å². The van der Waals surface area contributed by atoms with E-state index in [1.54, 1.807) is 11.3 Å². The fraction of sp³-hybridized carbons (Fsp3) is 0.267. The molecule has 0 aliphatic rings. The first-order chi connectivity index (χ1) is 9.06. The van der Waals surface area contributed by atoms with Crippen LogP contribution in [0.1, 0.15) is 30.9 Å². The van der Waals surface area contributed by atoms with Crippen LogP contribution in [-0.2, 0) is 0 Å². The number of thiazole rings is 1. The zero-order valence-corrected chi connectivity index (χ0v) is 12.2. The van der Waals surface area contributed by atoms with E-state index in [4.69, 9.17) is 5.73 Å². The molecule has 0 radical (unpaired) electrons. The fourth-order valence-electron chi connectivity index (χ4n) is 2.27. The molecule has 1 aromatic carbocycles. The number of hydrogen-bond donors (Lipinski definition) is 1. The third-order valence-electron chi connectivity index (χ3n) is 3.43. The summed E-state index contributed by atoms with van der Waals surface area (Å²) in [6, 6.07) is 6.67. The van der Waals surface area contributed by atoms with Gasteiger partial charge in [-0.05, 0) is 30.0 Å². The second kappa shape index (κ2) is 4.38. The van der Waals surface area contributed by atoms with Gasteiger partial charge in [0, 0.05) is 10.9 Å². The molecule has 0 fully saturated rings. The van der Waals surface area contributed by atoms with Crippen LogP contribution < -0.4 is 5.73 Å². The minimum absolute atomic E-state index is 0.529. The summed E-state index contributed by atoms with van der Waals surface area (Å²) in [7, 11) is 0. The molecule has 19 heavy (non-hydrogen) atoms. The average Bonchev–Trinajstić information content (AvgIpc) is 2.88. The summed E-state index contributed by atoms with van der Waals surface area (Å²) in [6.45, 7) is 6.57. The molecule has 4 heteroatoms. The molecule has 3 rings (SSSR count). The van der Waals surface area contributed by atoms with E-state index in [2.05, 4.69) is 53.7 Å². The van der Waals surface area contributed by atoms with Crippen LogP contribution in [0.25, 0.3) is 16.2 Å². The predicted molar refractivity (Wildman–Crippen MR) is 81.7 cm³/mol. The largest absolute Gasteiger partial charge is 0.382 e. The highest BCUT2D eigenvalue weighted by Gasteiger charge is 2.12. The second-order valence-corrected chi connectivity index (χ2v) is 6.00. The van der Waals surface area contributed by atoms with E-state index >= 15 is 0 Å². The molecule has 3 aromatic rings. The Hall–Kier alpha value is -1.81. The number of fused-ring (bicyclic) bond motifs is 1. The topological polar surface area (TPSA) is 43.3 Å². The lowest BCUT2D eigenvalue weighted by atomic mass is 9.96. The van der Waals surface area contributed by atoms with Crippen LogP contribution in [0.15, 0.2) is 29.8 Å². The third-order valence-corrected chi connectivity index (χ3v) is 4.27. The Morgan fingerprint density at radius 3 is 2.84 bits per heavy atom. The van der Waals surface area contributed by atoms with Gasteiger partial charge in [-0.15, -0.1) is 11.3 Å². The van der Waals surface area contributed by atoms with Crippen LogP contribution in [-0.4, -0.2) is 9.38 Å². The van der Waals surface area contributed by atoms with Gasteiger partial charge in [0.05, 0.1) is 11.9 Å². The standard InChI is InChI=1S/C15H17N3S/c1-9(2)11-5-4-10(3)12(6-11)13-8-19-15-17-14(16)7-18(13)15/h4-9H,16H2,1-3H3. The molecule has 0 unspecified atom stereocenters. The molecular weight excluding hydrogens is 254 g/mol. The quantitative estimate of drug-likeness (QED) is 0.763. The van der Waals surface area contributed by atoms with Crippen molar-refractivity contribution in [2.75, 3.05) is 5.73 Å². The Kier molecular flexibility index (Phi) is 2.82. The summed E-state index contributed by atoms with van der Waals surface area (Å²) in [5.74, 6) is 1.10. The number of rotatable bonds is 2. The predicted octanol–water partition coefficient (Wildman–Crippen LogP) is 4.08. The first-order valence-corrected chi connectivity index (χ1v) is 7.27. The normalized spacial score (nSPS) is 11.6. The van der Waals surface area contributed by atoms with Gasteiger partial charge in [0.2, 0.25) is 0 Å². The van der Waals surface area contributed by atoms with Gasteiger partial charge in [-0.2, -0.15) is 0 Å². The molecule has 0 aliphatic carbocycles. The third kappa shape index (κ3) is 2.02. The summed E-state index contributed by atoms with van der Waals surface area (Å²) in [5, 5.41) is 2.15. The number of nitrogens with zero attached hydrogens (tertiary/aromatic N) is 2. The molecule has 0 bridgehead atoms. The number of aryl methyl sites for hydroxylation is 1. The smallest absolute Gasteiger partial charge is 0.196 e. The summed E-state index contributed by atoms with van der Waals surface area (Å²) < 4.78 is 2.08. The zero-order chi connectivity index (χ0) is 13.6. The van der Waals surface area contributed by atoms with E-state index in [0.29, 0.717) is 11.7 Å². The van der Waals surface area contributed by atoms with Crippen LogP contribution >= 0.6 is 11.3 Å². The van der Waals surface area contributed by atoms with Crippen molar-refractivity contribution in [3.8, 4) is 11.3 Å². The molecule has 0 saturated heterocycles. The van der Waals surface area contributed by atoms with E-state index in [9.17, 15) is 0 Å². The van der Waals surface area contributed by atoms with Crippen molar-refractivity contribution < 1.29 is 0 Å². The number of nitrogens with two attached hydrogens (primary N) is 1. The van der Waals surface area contributed by atoms with Gasteiger partial charge in [-0.3, -0.25) is 4.40 Å². The maximum atomic E-state index is 5.77. The van der Waals surface area contributed by atoms with Gasteiger partial charge in [0.1, 0.15) is 5.82 Å². The number of aromatic nitrogens is 2.